The molecule has 0 aromatic heterocycles. The number of hydrogen-bond donors (Lipinski definition) is 1. The van der Waals surface area contributed by atoms with E-state index in [0.717, 1.165) is 23.0 Å². The third kappa shape index (κ3) is 1.88. The fourth-order valence-electron chi connectivity index (χ4n) is 2.74. The highest BCUT2D eigenvalue weighted by molar-refractivity contribution is 5.99. The van der Waals surface area contributed by atoms with Gasteiger partial charge in [0.05, 0.1) is 11.6 Å². The maximum absolute atomic E-state index is 11.8. The van der Waals surface area contributed by atoms with Crippen LogP contribution in [0.2, 0.25) is 0 Å². The van der Waals surface area contributed by atoms with Crippen molar-refractivity contribution in [1.82, 2.24) is 5.32 Å². The summed E-state index contributed by atoms with van der Waals surface area (Å²) in [6.07, 6.45) is 0. The van der Waals surface area contributed by atoms with Gasteiger partial charge in [-0.15, -0.1) is 0 Å². The summed E-state index contributed by atoms with van der Waals surface area (Å²) in [5.41, 5.74) is 1.68. The highest BCUT2D eigenvalue weighted by atomic mass is 16.2. The van der Waals surface area contributed by atoms with E-state index < -0.39 is 0 Å². The van der Waals surface area contributed by atoms with Crippen molar-refractivity contribution >= 4 is 22.4 Å². The Kier molecular flexibility index (Phi) is 3.03. The van der Waals surface area contributed by atoms with Crippen LogP contribution < -0.4 is 10.2 Å². The largest absolute Gasteiger partial charge is 0.358 e. The van der Waals surface area contributed by atoms with Crippen molar-refractivity contribution in [3.63, 3.8) is 0 Å². The summed E-state index contributed by atoms with van der Waals surface area (Å²) in [6, 6.07) is 13.6. The maximum Gasteiger partial charge on any atom is 0.242 e. The summed E-state index contributed by atoms with van der Waals surface area (Å²) in [5, 5.41) is 14.0. The van der Waals surface area contributed by atoms with E-state index in [-0.39, 0.29) is 11.9 Å². The average molecular weight is 265 g/mol. The smallest absolute Gasteiger partial charge is 0.242 e. The van der Waals surface area contributed by atoms with Crippen molar-refractivity contribution < 1.29 is 4.79 Å². The van der Waals surface area contributed by atoms with Gasteiger partial charge in [-0.2, -0.15) is 5.26 Å². The number of nitriles is 1. The number of benzene rings is 2. The van der Waals surface area contributed by atoms with Gasteiger partial charge in [0.15, 0.2) is 0 Å². The highest BCUT2D eigenvalue weighted by Crippen LogP contribution is 2.30. The van der Waals surface area contributed by atoms with Crippen LogP contribution in [0.25, 0.3) is 10.8 Å². The van der Waals surface area contributed by atoms with Gasteiger partial charge >= 0.3 is 0 Å². The molecule has 1 amide bonds. The molecule has 0 radical (unpaired) electrons. The molecule has 0 bridgehead atoms. The zero-order valence-corrected chi connectivity index (χ0v) is 11.3. The topological polar surface area (TPSA) is 56.1 Å². The maximum atomic E-state index is 11.8. The first kappa shape index (κ1) is 12.5. The molecule has 1 N–H and O–H groups in total. The van der Waals surface area contributed by atoms with Crippen LogP contribution in [0.5, 0.6) is 0 Å². The molecule has 4 nitrogen and oxygen atoms in total. The molecule has 2 aromatic carbocycles. The van der Waals surface area contributed by atoms with Crippen LogP contribution in [0.4, 0.5) is 5.69 Å². The summed E-state index contributed by atoms with van der Waals surface area (Å²) in [4.78, 5) is 13.9. The van der Waals surface area contributed by atoms with Crippen LogP contribution >= 0.6 is 0 Å². The molecule has 1 aliphatic rings. The molecule has 1 atom stereocenters. The van der Waals surface area contributed by atoms with Gasteiger partial charge in [-0.1, -0.05) is 24.3 Å². The van der Waals surface area contributed by atoms with Gasteiger partial charge in [0.2, 0.25) is 5.91 Å². The molecular weight excluding hydrogens is 250 g/mol. The van der Waals surface area contributed by atoms with Crippen LogP contribution in [-0.2, 0) is 4.79 Å². The molecule has 1 fully saturated rings. The summed E-state index contributed by atoms with van der Waals surface area (Å²) < 4.78 is 0. The van der Waals surface area contributed by atoms with Crippen molar-refractivity contribution in [3.05, 3.63) is 42.0 Å². The van der Waals surface area contributed by atoms with Crippen LogP contribution in [0, 0.1) is 11.3 Å². The Balaban J connectivity index is 2.18. The van der Waals surface area contributed by atoms with E-state index in [2.05, 4.69) is 16.3 Å². The van der Waals surface area contributed by atoms with Crippen molar-refractivity contribution in [2.45, 2.75) is 13.0 Å². The van der Waals surface area contributed by atoms with Crippen molar-refractivity contribution in [3.8, 4) is 6.07 Å². The van der Waals surface area contributed by atoms with Crippen LogP contribution in [0.3, 0.4) is 0 Å². The lowest BCUT2D eigenvalue weighted by atomic mass is 10.0. The Morgan fingerprint density at radius 1 is 1.25 bits per heavy atom. The molecule has 0 saturated carbocycles. The van der Waals surface area contributed by atoms with Crippen LogP contribution in [0.1, 0.15) is 12.5 Å². The Morgan fingerprint density at radius 2 is 2.00 bits per heavy atom. The molecule has 20 heavy (non-hydrogen) atoms. The number of fused-ring (bicyclic) bond motifs is 1. The third-order valence-electron chi connectivity index (χ3n) is 3.83. The number of nitrogens with one attached hydrogen (secondary N) is 1. The summed E-state index contributed by atoms with van der Waals surface area (Å²) in [7, 11) is 0. The molecule has 100 valence electrons. The summed E-state index contributed by atoms with van der Waals surface area (Å²) >= 11 is 0. The second-order valence-electron chi connectivity index (χ2n) is 4.95. The Bertz CT molecular complexity index is 717. The zero-order chi connectivity index (χ0) is 14.1. The predicted molar refractivity (Wildman–Crippen MR) is 78.5 cm³/mol. The standard InChI is InChI=1S/C16H15N3O/c1-11-16(20)18-8-9-19(11)15-7-6-12(10-17)13-4-2-3-5-14(13)15/h2-7,11H,8-9H2,1H3,(H,18,20). The lowest BCUT2D eigenvalue weighted by molar-refractivity contribution is -0.122. The lowest BCUT2D eigenvalue weighted by Gasteiger charge is -2.35. The molecule has 1 unspecified atom stereocenters. The number of piperazine rings is 1. The minimum atomic E-state index is -0.194. The van der Waals surface area contributed by atoms with Gasteiger partial charge in [0, 0.05) is 29.5 Å². The Labute approximate surface area is 117 Å². The van der Waals surface area contributed by atoms with Gasteiger partial charge in [-0.05, 0) is 19.1 Å². The van der Waals surface area contributed by atoms with Gasteiger partial charge in [-0.25, -0.2) is 0 Å². The van der Waals surface area contributed by atoms with E-state index in [9.17, 15) is 10.1 Å². The zero-order valence-electron chi connectivity index (χ0n) is 11.3. The normalized spacial score (nSPS) is 18.7. The van der Waals surface area contributed by atoms with Gasteiger partial charge in [0.1, 0.15) is 6.04 Å². The average Bonchev–Trinajstić information content (AvgIpc) is 2.49. The van der Waals surface area contributed by atoms with E-state index in [1.54, 1.807) is 0 Å². The molecule has 1 saturated heterocycles. The molecule has 3 rings (SSSR count). The molecule has 4 heteroatoms. The molecular formula is C16H15N3O. The molecule has 1 aliphatic heterocycles. The number of carbonyl (C=O) groups is 1. The molecule has 1 heterocycles. The summed E-state index contributed by atoms with van der Waals surface area (Å²) in [5.74, 6) is 0.0460. The molecule has 2 aromatic rings. The monoisotopic (exact) mass is 265 g/mol. The number of amides is 1. The predicted octanol–water partition coefficient (Wildman–Crippen LogP) is 2.04. The number of rotatable bonds is 1. The van der Waals surface area contributed by atoms with Crippen LogP contribution in [0.15, 0.2) is 36.4 Å². The number of anilines is 1. The quantitative estimate of drug-likeness (QED) is 0.858. The minimum Gasteiger partial charge on any atom is -0.358 e. The number of nitrogens with zero attached hydrogens (tertiary/aromatic N) is 2. The Hall–Kier alpha value is -2.54. The van der Waals surface area contributed by atoms with Gasteiger partial charge in [0.25, 0.3) is 0 Å². The third-order valence-corrected chi connectivity index (χ3v) is 3.83. The number of carbonyl (C=O) groups excluding carboxylic acids is 1. The van der Waals surface area contributed by atoms with E-state index in [4.69, 9.17) is 0 Å². The molecule has 0 aliphatic carbocycles. The number of hydrogen-bond acceptors (Lipinski definition) is 3. The molecule has 0 spiro atoms. The first-order valence-electron chi connectivity index (χ1n) is 6.68. The summed E-state index contributed by atoms with van der Waals surface area (Å²) in [6.45, 7) is 3.34. The second kappa shape index (κ2) is 4.86. The fraction of sp³-hybridized carbons (Fsp3) is 0.250. The van der Waals surface area contributed by atoms with Crippen molar-refractivity contribution in [2.75, 3.05) is 18.0 Å². The van der Waals surface area contributed by atoms with E-state index in [0.29, 0.717) is 12.1 Å². The minimum absolute atomic E-state index is 0.0460. The first-order chi connectivity index (χ1) is 9.72. The van der Waals surface area contributed by atoms with E-state index >= 15 is 0 Å². The highest BCUT2D eigenvalue weighted by Gasteiger charge is 2.26. The van der Waals surface area contributed by atoms with E-state index in [1.165, 1.54) is 0 Å². The first-order valence-corrected chi connectivity index (χ1v) is 6.68. The van der Waals surface area contributed by atoms with Gasteiger partial charge < -0.3 is 10.2 Å². The second-order valence-corrected chi connectivity index (χ2v) is 4.95. The van der Waals surface area contributed by atoms with E-state index in [1.807, 2.05) is 43.3 Å². The SMILES string of the molecule is CC1C(=O)NCCN1c1ccc(C#N)c2ccccc12. The van der Waals surface area contributed by atoms with Crippen LogP contribution in [-0.4, -0.2) is 25.0 Å². The van der Waals surface area contributed by atoms with Gasteiger partial charge in [-0.3, -0.25) is 4.79 Å². The van der Waals surface area contributed by atoms with Crippen molar-refractivity contribution in [1.29, 1.82) is 5.26 Å². The Morgan fingerprint density at radius 3 is 2.75 bits per heavy atom. The lowest BCUT2D eigenvalue weighted by Crippen LogP contribution is -2.54. The fourth-order valence-corrected chi connectivity index (χ4v) is 2.74. The van der Waals surface area contributed by atoms with Crippen molar-refractivity contribution in [2.24, 2.45) is 0 Å².